The molecule has 2 fully saturated rings. The van der Waals surface area contributed by atoms with E-state index in [0.29, 0.717) is 4.90 Å². The van der Waals surface area contributed by atoms with Crippen LogP contribution in [0.5, 0.6) is 0 Å². The third kappa shape index (κ3) is 17.3. The van der Waals surface area contributed by atoms with E-state index in [1.165, 1.54) is 72.8 Å². The Bertz CT molecular complexity index is 3020. The van der Waals surface area contributed by atoms with Gasteiger partial charge in [0.15, 0.2) is 24.4 Å². The number of halogens is 3. The third-order valence-corrected chi connectivity index (χ3v) is 13.5. The topological polar surface area (TPSA) is 360 Å². The van der Waals surface area contributed by atoms with Crippen LogP contribution in [0, 0.1) is 0 Å². The van der Waals surface area contributed by atoms with Gasteiger partial charge in [-0.2, -0.15) is 0 Å². The number of hydrogen-bond acceptors (Lipinski definition) is 25. The van der Waals surface area contributed by atoms with Crippen LogP contribution in [-0.2, 0) is 99.9 Å². The van der Waals surface area contributed by atoms with Gasteiger partial charge in [-0.25, -0.2) is 24.0 Å². The molecule has 0 N–H and O–H groups in total. The first kappa shape index (κ1) is 67.8. The molecule has 0 saturated carbocycles. The maximum atomic E-state index is 14.8. The van der Waals surface area contributed by atoms with Crippen molar-refractivity contribution in [1.29, 1.82) is 0 Å². The number of imide groups is 1. The summed E-state index contributed by atoms with van der Waals surface area (Å²) in [5.74, 6) is -18.9. The number of hydrogen-bond donors (Lipinski definition) is 0. The van der Waals surface area contributed by atoms with Crippen molar-refractivity contribution >= 4 is 100 Å². The smallest absolute Gasteiger partial charge is 0.366 e. The quantitative estimate of drug-likeness (QED) is 0.0377. The fourth-order valence-electron chi connectivity index (χ4n) is 9.21. The first-order valence-corrected chi connectivity index (χ1v) is 26.4. The largest absolute Gasteiger partial charge is 0.465 e. The first-order chi connectivity index (χ1) is 40.1. The predicted octanol–water partition coefficient (Wildman–Crippen LogP) is 5.40. The molecule has 458 valence electrons. The molecule has 0 radical (unpaired) electrons. The average Bonchev–Trinajstić information content (AvgIpc) is 3.03. The SMILES string of the molecule is COC(=O)[C@@]1(OC)C[C@H](OC(=O)c2ccc(Cl)cc2)[C@@H](N=[N+]=[N-])[C@H]([C@H](OC(=O)c2ccc(Cl)cc2)[C@@H](CO[C@]2(C(=O)OC)C[C@H](OC(C)=O)[C@@H](N(C(C)=O)C(C)=O)[C@H]([C@H](OC(C)=O)[C@@H](COC(C)=O)OC(C)=O)O2)OC(=O)c2ccc(Cl)cc2)O1. The number of carbonyl (C=O) groups excluding carboxylic acids is 11. The maximum absolute atomic E-state index is 14.8. The minimum atomic E-state index is -3.16. The summed E-state index contributed by atoms with van der Waals surface area (Å²) in [6, 6.07) is 11.3. The van der Waals surface area contributed by atoms with E-state index in [2.05, 4.69) is 10.0 Å². The number of rotatable bonds is 23. The van der Waals surface area contributed by atoms with Crippen molar-refractivity contribution in [2.75, 3.05) is 34.5 Å². The predicted molar refractivity (Wildman–Crippen MR) is 287 cm³/mol. The van der Waals surface area contributed by atoms with Crippen molar-refractivity contribution in [3.05, 3.63) is 115 Å². The fourth-order valence-corrected chi connectivity index (χ4v) is 9.58. The standard InChI is InChI=1S/C54H57Cl3N4O24/c1-26(62)61(27(2)63)43-39(78-29(4)65)23-54(52(72)74-8,85-47(43)45(80-31(6)67)40(79-30(5)66)24-76-28(3)64)77-25-41(82-49(69)33-12-18-36(56)19-13-33)44(83-50(70)34-14-20-37(57)21-15-34)46-42(59-60-58)38(22-53(75-9,84-46)51(71)73-7)81-48(68)32-10-16-35(55)17-11-32/h10-21,38-47H,22-25H2,1-9H3/t38-,39-,40+,41+,42+,43+,44+,45+,46+,47+,53+,54+/m0/s1. The Kier molecular flexibility index (Phi) is 24.1. The second-order valence-electron chi connectivity index (χ2n) is 18.6. The van der Waals surface area contributed by atoms with Crippen molar-refractivity contribution in [3.8, 4) is 0 Å². The van der Waals surface area contributed by atoms with E-state index in [9.17, 15) is 58.3 Å². The molecular weight excluding hydrogens is 1190 g/mol. The average molecular weight is 1250 g/mol. The third-order valence-electron chi connectivity index (χ3n) is 12.8. The van der Waals surface area contributed by atoms with Gasteiger partial charge in [0.2, 0.25) is 11.8 Å². The summed E-state index contributed by atoms with van der Waals surface area (Å²) in [5, 5.41) is 4.39. The van der Waals surface area contributed by atoms with Crippen LogP contribution >= 0.6 is 34.8 Å². The van der Waals surface area contributed by atoms with Gasteiger partial charge in [-0.1, -0.05) is 39.9 Å². The van der Waals surface area contributed by atoms with Gasteiger partial charge < -0.3 is 61.6 Å². The van der Waals surface area contributed by atoms with Gasteiger partial charge >= 0.3 is 53.7 Å². The van der Waals surface area contributed by atoms with Gasteiger partial charge in [0.1, 0.15) is 43.1 Å². The Balaban J connectivity index is 1.86. The van der Waals surface area contributed by atoms with E-state index < -0.39 is 164 Å². The molecule has 12 atom stereocenters. The Hall–Kier alpha value is -7.95. The molecule has 3 aromatic carbocycles. The van der Waals surface area contributed by atoms with Crippen molar-refractivity contribution in [2.24, 2.45) is 5.11 Å². The van der Waals surface area contributed by atoms with E-state index >= 15 is 0 Å². The highest BCUT2D eigenvalue weighted by atomic mass is 35.5. The van der Waals surface area contributed by atoms with Crippen LogP contribution in [0.25, 0.3) is 10.4 Å². The van der Waals surface area contributed by atoms with Gasteiger partial charge in [0.25, 0.3) is 11.6 Å². The number of amides is 2. The molecule has 2 aliphatic heterocycles. The molecule has 0 aliphatic carbocycles. The minimum Gasteiger partial charge on any atom is -0.465 e. The molecule has 2 saturated heterocycles. The summed E-state index contributed by atoms with van der Waals surface area (Å²) < 4.78 is 75.5. The summed E-state index contributed by atoms with van der Waals surface area (Å²) in [7, 11) is 2.72. The van der Waals surface area contributed by atoms with Crippen molar-refractivity contribution in [3.63, 3.8) is 0 Å². The molecule has 0 aromatic heterocycles. The van der Waals surface area contributed by atoms with Crippen LogP contribution < -0.4 is 0 Å². The zero-order valence-corrected chi connectivity index (χ0v) is 49.0. The molecule has 0 bridgehead atoms. The van der Waals surface area contributed by atoms with Crippen LogP contribution in [-0.4, -0.2) is 177 Å². The van der Waals surface area contributed by atoms with Crippen LogP contribution in [0.4, 0.5) is 0 Å². The molecule has 2 aliphatic rings. The van der Waals surface area contributed by atoms with Gasteiger partial charge in [0.05, 0.1) is 50.4 Å². The molecule has 3 aromatic rings. The fraction of sp³-hybridized carbons (Fsp3) is 0.463. The van der Waals surface area contributed by atoms with Gasteiger partial charge in [0, 0.05) is 68.6 Å². The number of methoxy groups -OCH3 is 3. The maximum Gasteiger partial charge on any atom is 0.366 e. The highest BCUT2D eigenvalue weighted by Gasteiger charge is 2.63. The summed E-state index contributed by atoms with van der Waals surface area (Å²) >= 11 is 18.4. The first-order valence-electron chi connectivity index (χ1n) is 25.2. The van der Waals surface area contributed by atoms with Crippen LogP contribution in [0.15, 0.2) is 77.9 Å². The Morgan fingerprint density at radius 2 is 1.01 bits per heavy atom. The van der Waals surface area contributed by atoms with Gasteiger partial charge in [-0.15, -0.1) is 0 Å². The normalized spacial score (nSPS) is 23.0. The molecule has 0 unspecified atom stereocenters. The zero-order valence-electron chi connectivity index (χ0n) is 46.8. The lowest BCUT2D eigenvalue weighted by molar-refractivity contribution is -0.328. The number of nitrogens with zero attached hydrogens (tertiary/aromatic N) is 4. The lowest BCUT2D eigenvalue weighted by Gasteiger charge is -2.51. The molecular formula is C54H57Cl3N4O24. The van der Waals surface area contributed by atoms with Crippen LogP contribution in [0.3, 0.4) is 0 Å². The molecule has 2 heterocycles. The number of benzene rings is 3. The molecule has 5 rings (SSSR count). The number of azide groups is 1. The summed E-state index contributed by atoms with van der Waals surface area (Å²) in [5.41, 5.74) is 9.59. The van der Waals surface area contributed by atoms with Gasteiger partial charge in [-0.3, -0.25) is 33.7 Å². The Labute approximate surface area is 499 Å². The lowest BCUT2D eigenvalue weighted by Crippen LogP contribution is -2.70. The molecule has 85 heavy (non-hydrogen) atoms. The highest BCUT2D eigenvalue weighted by molar-refractivity contribution is 6.31. The van der Waals surface area contributed by atoms with E-state index in [4.69, 9.17) is 96.4 Å². The summed E-state index contributed by atoms with van der Waals surface area (Å²) in [6.45, 7) is 3.17. The molecule has 0 spiro atoms. The van der Waals surface area contributed by atoms with Crippen molar-refractivity contribution in [2.45, 2.75) is 127 Å². The van der Waals surface area contributed by atoms with E-state index in [0.717, 1.165) is 62.9 Å². The van der Waals surface area contributed by atoms with E-state index in [1.54, 1.807) is 0 Å². The van der Waals surface area contributed by atoms with E-state index in [-0.39, 0.29) is 31.8 Å². The van der Waals surface area contributed by atoms with Crippen molar-refractivity contribution < 1.29 is 114 Å². The lowest BCUT2D eigenvalue weighted by atomic mass is 9.86. The van der Waals surface area contributed by atoms with Crippen molar-refractivity contribution in [1.82, 2.24) is 4.90 Å². The molecule has 28 nitrogen and oxygen atoms in total. The second-order valence-corrected chi connectivity index (χ2v) is 19.9. The minimum absolute atomic E-state index is 0.119. The summed E-state index contributed by atoms with van der Waals surface area (Å²) in [4.78, 5) is 154. The molecule has 2 amide bonds. The second kappa shape index (κ2) is 30.2. The molecule has 31 heteroatoms. The van der Waals surface area contributed by atoms with E-state index in [1.807, 2.05) is 0 Å². The Morgan fingerprint density at radius 3 is 1.46 bits per heavy atom. The monoisotopic (exact) mass is 1250 g/mol. The number of esters is 9. The van der Waals surface area contributed by atoms with Gasteiger partial charge in [-0.05, 0) is 78.3 Å². The highest BCUT2D eigenvalue weighted by Crippen LogP contribution is 2.42. The van der Waals surface area contributed by atoms with Crippen LogP contribution in [0.2, 0.25) is 15.1 Å². The zero-order chi connectivity index (χ0) is 63.1. The van der Waals surface area contributed by atoms with Crippen LogP contribution in [0.1, 0.15) is 85.5 Å². The summed E-state index contributed by atoms with van der Waals surface area (Å²) in [6.07, 6.45) is -19.1. The Morgan fingerprint density at radius 1 is 0.565 bits per heavy atom. The number of ether oxygens (including phenoxy) is 13. The number of carbonyl (C=O) groups is 11.